The van der Waals surface area contributed by atoms with Gasteiger partial charge >= 0.3 is 5.97 Å². The standard InChI is InChI=1S/C13H9N3O4S/c17-13(18)11-9(2-1-4-14-11)19-6-10-15-12(16-20-10)8-3-5-21-7-8/h1-5,7H,6H2,(H,17,18). The van der Waals surface area contributed by atoms with E-state index < -0.39 is 5.97 Å². The van der Waals surface area contributed by atoms with Gasteiger partial charge in [-0.15, -0.1) is 0 Å². The lowest BCUT2D eigenvalue weighted by atomic mass is 10.3. The summed E-state index contributed by atoms with van der Waals surface area (Å²) in [5.41, 5.74) is 0.706. The van der Waals surface area contributed by atoms with Gasteiger partial charge in [0.05, 0.1) is 0 Å². The van der Waals surface area contributed by atoms with Crippen molar-refractivity contribution in [2.24, 2.45) is 0 Å². The average Bonchev–Trinajstić information content (AvgIpc) is 3.16. The SMILES string of the molecule is O=C(O)c1ncccc1OCc1nc(-c2ccsc2)no1. The molecular formula is C13H9N3O4S. The maximum absolute atomic E-state index is 11.0. The highest BCUT2D eigenvalue weighted by atomic mass is 32.1. The van der Waals surface area contributed by atoms with E-state index in [-0.39, 0.29) is 23.9 Å². The van der Waals surface area contributed by atoms with Crippen molar-refractivity contribution in [1.29, 1.82) is 0 Å². The van der Waals surface area contributed by atoms with Crippen LogP contribution in [0.15, 0.2) is 39.7 Å². The van der Waals surface area contributed by atoms with Crippen molar-refractivity contribution >= 4 is 17.3 Å². The summed E-state index contributed by atoms with van der Waals surface area (Å²) in [4.78, 5) is 18.9. The highest BCUT2D eigenvalue weighted by Gasteiger charge is 2.14. The van der Waals surface area contributed by atoms with E-state index in [4.69, 9.17) is 14.4 Å². The molecule has 0 aliphatic carbocycles. The third-order valence-electron chi connectivity index (χ3n) is 2.57. The topological polar surface area (TPSA) is 98.3 Å². The quantitative estimate of drug-likeness (QED) is 0.773. The monoisotopic (exact) mass is 303 g/mol. The molecule has 106 valence electrons. The Hall–Kier alpha value is -2.74. The largest absolute Gasteiger partial charge is 0.481 e. The van der Waals surface area contributed by atoms with E-state index in [0.717, 1.165) is 5.56 Å². The lowest BCUT2D eigenvalue weighted by Crippen LogP contribution is -2.05. The van der Waals surface area contributed by atoms with Crippen molar-refractivity contribution < 1.29 is 19.2 Å². The Morgan fingerprint density at radius 3 is 3.10 bits per heavy atom. The Labute approximate surface area is 122 Å². The molecule has 3 aromatic heterocycles. The van der Waals surface area contributed by atoms with Crippen LogP contribution >= 0.6 is 11.3 Å². The number of ether oxygens (including phenoxy) is 1. The van der Waals surface area contributed by atoms with Crippen LogP contribution in [0.3, 0.4) is 0 Å². The molecule has 0 aliphatic heterocycles. The van der Waals surface area contributed by atoms with Crippen molar-refractivity contribution in [2.45, 2.75) is 6.61 Å². The minimum absolute atomic E-state index is 0.0247. The Balaban J connectivity index is 1.73. The molecule has 1 N–H and O–H groups in total. The Morgan fingerprint density at radius 1 is 1.43 bits per heavy atom. The van der Waals surface area contributed by atoms with Crippen LogP contribution in [0.1, 0.15) is 16.4 Å². The minimum Gasteiger partial charge on any atom is -0.481 e. The molecule has 0 aliphatic rings. The zero-order chi connectivity index (χ0) is 14.7. The van der Waals surface area contributed by atoms with Crippen molar-refractivity contribution in [2.75, 3.05) is 0 Å². The van der Waals surface area contributed by atoms with Crippen LogP contribution < -0.4 is 4.74 Å². The third kappa shape index (κ3) is 2.90. The number of hydrogen-bond acceptors (Lipinski definition) is 7. The van der Waals surface area contributed by atoms with Crippen LogP contribution in [-0.4, -0.2) is 26.2 Å². The lowest BCUT2D eigenvalue weighted by Gasteiger charge is -2.04. The zero-order valence-corrected chi connectivity index (χ0v) is 11.4. The first-order chi connectivity index (χ1) is 10.2. The van der Waals surface area contributed by atoms with Gasteiger partial charge in [0.1, 0.15) is 0 Å². The number of pyridine rings is 1. The molecule has 3 rings (SSSR count). The van der Waals surface area contributed by atoms with Crippen molar-refractivity contribution in [3.8, 4) is 17.1 Å². The number of aromatic nitrogens is 3. The molecule has 0 bridgehead atoms. The fourth-order valence-electron chi connectivity index (χ4n) is 1.63. The number of carboxylic acids is 1. The van der Waals surface area contributed by atoms with Gasteiger partial charge in [0.2, 0.25) is 5.82 Å². The van der Waals surface area contributed by atoms with Gasteiger partial charge in [-0.1, -0.05) is 5.16 Å². The number of nitrogens with zero attached hydrogens (tertiary/aromatic N) is 3. The zero-order valence-electron chi connectivity index (χ0n) is 10.6. The summed E-state index contributed by atoms with van der Waals surface area (Å²) in [6, 6.07) is 4.99. The summed E-state index contributed by atoms with van der Waals surface area (Å²) in [6.45, 7) is -0.0247. The van der Waals surface area contributed by atoms with Crippen molar-refractivity contribution in [1.82, 2.24) is 15.1 Å². The molecule has 21 heavy (non-hydrogen) atoms. The van der Waals surface area contributed by atoms with E-state index in [1.807, 2.05) is 16.8 Å². The van der Waals surface area contributed by atoms with Crippen LogP contribution in [0.2, 0.25) is 0 Å². The van der Waals surface area contributed by atoms with Crippen LogP contribution in [0.5, 0.6) is 5.75 Å². The molecule has 0 radical (unpaired) electrons. The highest BCUT2D eigenvalue weighted by molar-refractivity contribution is 7.08. The Morgan fingerprint density at radius 2 is 2.33 bits per heavy atom. The number of carboxylic acid groups (broad SMARTS) is 1. The second-order valence-corrected chi connectivity index (χ2v) is 4.75. The number of hydrogen-bond donors (Lipinski definition) is 1. The lowest BCUT2D eigenvalue weighted by molar-refractivity contribution is 0.0684. The molecule has 0 amide bonds. The molecular weight excluding hydrogens is 294 g/mol. The van der Waals surface area contributed by atoms with Gasteiger partial charge in [0.15, 0.2) is 18.1 Å². The molecule has 0 unspecified atom stereocenters. The first kappa shape index (κ1) is 13.3. The molecule has 8 heteroatoms. The number of carbonyl (C=O) groups is 1. The predicted molar refractivity (Wildman–Crippen MR) is 73.1 cm³/mol. The first-order valence-electron chi connectivity index (χ1n) is 5.90. The predicted octanol–water partition coefficient (Wildman–Crippen LogP) is 2.47. The normalized spacial score (nSPS) is 10.5. The summed E-state index contributed by atoms with van der Waals surface area (Å²) >= 11 is 1.53. The molecule has 0 atom stereocenters. The molecule has 3 heterocycles. The van der Waals surface area contributed by atoms with E-state index >= 15 is 0 Å². The third-order valence-corrected chi connectivity index (χ3v) is 3.26. The van der Waals surface area contributed by atoms with Crippen molar-refractivity contribution in [3.05, 3.63) is 46.7 Å². The van der Waals surface area contributed by atoms with Crippen molar-refractivity contribution in [3.63, 3.8) is 0 Å². The summed E-state index contributed by atoms with van der Waals surface area (Å²) in [6.07, 6.45) is 1.39. The van der Waals surface area contributed by atoms with E-state index in [0.29, 0.717) is 5.82 Å². The van der Waals surface area contributed by atoms with Gasteiger partial charge in [-0.2, -0.15) is 16.3 Å². The summed E-state index contributed by atoms with van der Waals surface area (Å²) < 4.78 is 10.4. The Kier molecular flexibility index (Phi) is 3.61. The molecule has 7 nitrogen and oxygen atoms in total. The highest BCUT2D eigenvalue weighted by Crippen LogP contribution is 2.20. The second-order valence-electron chi connectivity index (χ2n) is 3.97. The molecule has 3 aromatic rings. The van der Waals surface area contributed by atoms with Gasteiger partial charge in [-0.25, -0.2) is 9.78 Å². The van der Waals surface area contributed by atoms with Gasteiger partial charge in [-0.3, -0.25) is 0 Å². The fraction of sp³-hybridized carbons (Fsp3) is 0.0769. The number of thiophene rings is 1. The van der Waals surface area contributed by atoms with Gasteiger partial charge in [0.25, 0.3) is 5.89 Å². The summed E-state index contributed by atoms with van der Waals surface area (Å²) in [5, 5.41) is 16.7. The van der Waals surface area contributed by atoms with E-state index in [1.54, 1.807) is 6.07 Å². The molecule has 0 aromatic carbocycles. The van der Waals surface area contributed by atoms with Crippen LogP contribution in [-0.2, 0) is 6.61 Å². The van der Waals surface area contributed by atoms with E-state index in [1.165, 1.54) is 23.6 Å². The molecule has 0 fully saturated rings. The van der Waals surface area contributed by atoms with Gasteiger partial charge < -0.3 is 14.4 Å². The first-order valence-corrected chi connectivity index (χ1v) is 6.84. The maximum atomic E-state index is 11.0. The minimum atomic E-state index is -1.16. The number of aromatic carboxylic acids is 1. The van der Waals surface area contributed by atoms with Gasteiger partial charge in [-0.05, 0) is 23.6 Å². The maximum Gasteiger partial charge on any atom is 0.358 e. The second kappa shape index (κ2) is 5.71. The van der Waals surface area contributed by atoms with Gasteiger partial charge in [0, 0.05) is 17.1 Å². The van der Waals surface area contributed by atoms with Crippen LogP contribution in [0.25, 0.3) is 11.4 Å². The summed E-state index contributed by atoms with van der Waals surface area (Å²) in [7, 11) is 0. The summed E-state index contributed by atoms with van der Waals surface area (Å²) in [5.74, 6) is -0.272. The number of rotatable bonds is 5. The van der Waals surface area contributed by atoms with E-state index in [2.05, 4.69) is 15.1 Å². The average molecular weight is 303 g/mol. The molecule has 0 saturated heterocycles. The van der Waals surface area contributed by atoms with E-state index in [9.17, 15) is 4.79 Å². The fourth-order valence-corrected chi connectivity index (χ4v) is 2.26. The van der Waals surface area contributed by atoms with Crippen LogP contribution in [0.4, 0.5) is 0 Å². The smallest absolute Gasteiger partial charge is 0.358 e. The van der Waals surface area contributed by atoms with Crippen LogP contribution in [0, 0.1) is 0 Å². The Bertz CT molecular complexity index is 754. The molecule has 0 spiro atoms. The molecule has 0 saturated carbocycles.